The fourth-order valence-corrected chi connectivity index (χ4v) is 6.07. The summed E-state index contributed by atoms with van der Waals surface area (Å²) < 4.78 is 15.2. The zero-order chi connectivity index (χ0) is 28.5. The summed E-state index contributed by atoms with van der Waals surface area (Å²) >= 11 is 0. The van der Waals surface area contributed by atoms with Crippen LogP contribution in [0.2, 0.25) is 0 Å². The van der Waals surface area contributed by atoms with E-state index in [1.165, 1.54) is 12.1 Å². The molecule has 208 valence electrons. The van der Waals surface area contributed by atoms with Crippen LogP contribution >= 0.6 is 0 Å². The number of hydrogen-bond donors (Lipinski definition) is 5. The van der Waals surface area contributed by atoms with Crippen LogP contribution in [-0.2, 0) is 27.2 Å². The summed E-state index contributed by atoms with van der Waals surface area (Å²) in [5.74, 6) is -6.33. The lowest BCUT2D eigenvalue weighted by atomic mass is 9.57. The van der Waals surface area contributed by atoms with Crippen LogP contribution in [0.3, 0.4) is 0 Å². The van der Waals surface area contributed by atoms with Gasteiger partial charge in [-0.25, -0.2) is 4.39 Å². The highest BCUT2D eigenvalue weighted by Crippen LogP contribution is 2.51. The zero-order valence-electron chi connectivity index (χ0n) is 22.3. The van der Waals surface area contributed by atoms with Crippen LogP contribution in [0.1, 0.15) is 55.7 Å². The fraction of sp³-hybridized carbons (Fsp3) is 0.536. The number of likely N-dealkylation sites (N-methyl/N-ethyl adjacent to an activating group) is 1. The first-order valence-corrected chi connectivity index (χ1v) is 12.9. The summed E-state index contributed by atoms with van der Waals surface area (Å²) in [7, 11) is 4.36. The Morgan fingerprint density at radius 2 is 1.82 bits per heavy atom. The molecule has 10 heteroatoms. The number of carbonyl (C=O) groups excluding carboxylic acids is 3. The van der Waals surface area contributed by atoms with Crippen LogP contribution in [0, 0.1) is 17.7 Å². The molecule has 6 N–H and O–H groups in total. The molecule has 0 spiro atoms. The molecule has 0 unspecified atom stereocenters. The summed E-state index contributed by atoms with van der Waals surface area (Å²) in [4.78, 5) is 40.6. The molecule has 9 nitrogen and oxygen atoms in total. The van der Waals surface area contributed by atoms with Gasteiger partial charge in [0.2, 0.25) is 11.6 Å². The van der Waals surface area contributed by atoms with Gasteiger partial charge in [0.1, 0.15) is 17.3 Å². The minimum atomic E-state index is -2.61. The number of hydrogen-bond acceptors (Lipinski definition) is 8. The van der Waals surface area contributed by atoms with E-state index in [-0.39, 0.29) is 35.3 Å². The van der Waals surface area contributed by atoms with E-state index in [4.69, 9.17) is 10.8 Å². The predicted octanol–water partition coefficient (Wildman–Crippen LogP) is 1.95. The molecule has 0 heterocycles. The second-order valence-electron chi connectivity index (χ2n) is 10.4. The van der Waals surface area contributed by atoms with Crippen LogP contribution in [0.4, 0.5) is 4.39 Å². The van der Waals surface area contributed by atoms with Crippen molar-refractivity contribution in [2.24, 2.45) is 17.6 Å². The normalized spacial score (nSPS) is 26.2. The third kappa shape index (κ3) is 4.65. The Hall–Kier alpha value is -3.08. The number of carbonyl (C=O) groups is 3. The Morgan fingerprint density at radius 1 is 1.16 bits per heavy atom. The monoisotopic (exact) mass is 532 g/mol. The van der Waals surface area contributed by atoms with E-state index < -0.39 is 58.1 Å². The van der Waals surface area contributed by atoms with Gasteiger partial charge in [0.25, 0.3) is 5.91 Å². The van der Waals surface area contributed by atoms with Crippen molar-refractivity contribution in [3.05, 3.63) is 45.8 Å². The second kappa shape index (κ2) is 11.3. The first kappa shape index (κ1) is 29.5. The first-order chi connectivity index (χ1) is 17.9. The van der Waals surface area contributed by atoms with Crippen LogP contribution < -0.4 is 5.73 Å². The summed E-state index contributed by atoms with van der Waals surface area (Å²) in [5, 5.41) is 40.7. The Kier molecular flexibility index (Phi) is 8.80. The Balaban J connectivity index is 0.00000195. The number of aryl methyl sites for hydroxylation is 1. The van der Waals surface area contributed by atoms with Gasteiger partial charge < -0.3 is 31.1 Å². The van der Waals surface area contributed by atoms with E-state index in [1.54, 1.807) is 19.0 Å². The topological polar surface area (TPSA) is 161 Å². The van der Waals surface area contributed by atoms with Crippen LogP contribution in [0.15, 0.2) is 23.3 Å². The zero-order valence-corrected chi connectivity index (χ0v) is 22.3. The number of Topliss-reactive ketones (excluding diaryl/α,β-unsaturated/α-hetero) is 2. The summed E-state index contributed by atoms with van der Waals surface area (Å²) in [6.45, 7) is 2.07. The van der Waals surface area contributed by atoms with Gasteiger partial charge in [-0.1, -0.05) is 32.3 Å². The predicted molar refractivity (Wildman–Crippen MR) is 139 cm³/mol. The number of benzene rings is 1. The highest BCUT2D eigenvalue weighted by Gasteiger charge is 2.63. The molecule has 1 aromatic rings. The molecule has 1 amide bonds. The number of primary amides is 1. The third-order valence-electron chi connectivity index (χ3n) is 7.95. The number of aromatic hydroxyl groups is 1. The van der Waals surface area contributed by atoms with Crippen molar-refractivity contribution in [3.63, 3.8) is 0 Å². The van der Waals surface area contributed by atoms with Gasteiger partial charge >= 0.3 is 0 Å². The summed E-state index contributed by atoms with van der Waals surface area (Å²) in [6.07, 6.45) is 5.51. The van der Waals surface area contributed by atoms with Crippen molar-refractivity contribution in [2.45, 2.75) is 63.5 Å². The van der Waals surface area contributed by atoms with E-state index in [2.05, 4.69) is 6.92 Å². The number of fused-ring (bicyclic) bond motifs is 3. The van der Waals surface area contributed by atoms with Gasteiger partial charge in [0.05, 0.1) is 11.1 Å². The molecular formula is C28H37FN2O7. The van der Waals surface area contributed by atoms with Crippen molar-refractivity contribution in [1.82, 2.24) is 4.90 Å². The first-order valence-electron chi connectivity index (χ1n) is 12.9. The maximum absolute atomic E-state index is 15.2. The molecule has 0 saturated heterocycles. The number of aliphatic hydroxyl groups is 3. The van der Waals surface area contributed by atoms with Gasteiger partial charge in [0, 0.05) is 30.2 Å². The van der Waals surface area contributed by atoms with Gasteiger partial charge in [-0.05, 0) is 57.3 Å². The number of halogens is 1. The summed E-state index contributed by atoms with van der Waals surface area (Å²) in [5.41, 5.74) is 2.33. The molecule has 3 aliphatic rings. The second-order valence-corrected chi connectivity index (χ2v) is 10.4. The van der Waals surface area contributed by atoms with Gasteiger partial charge in [-0.3, -0.25) is 14.4 Å². The van der Waals surface area contributed by atoms with Crippen molar-refractivity contribution in [2.75, 3.05) is 21.2 Å². The molecule has 4 atom stereocenters. The number of amides is 1. The van der Waals surface area contributed by atoms with Crippen LogP contribution in [0.25, 0.3) is 5.76 Å². The average molecular weight is 533 g/mol. The number of phenolic OH excluding ortho intramolecular Hbond substituents is 1. The molecule has 0 radical (unpaired) electrons. The molecule has 38 heavy (non-hydrogen) atoms. The number of nitrogens with zero attached hydrogens (tertiary/aromatic N) is 1. The number of aliphatic hydroxyl groups excluding tert-OH is 2. The molecular weight excluding hydrogens is 495 g/mol. The number of rotatable bonds is 7. The highest BCUT2D eigenvalue weighted by molar-refractivity contribution is 6.32. The minimum Gasteiger partial charge on any atom is -0.507 e. The quantitative estimate of drug-likeness (QED) is 0.202. The lowest BCUT2D eigenvalue weighted by molar-refractivity contribution is -0.160. The number of nitrogens with two attached hydrogens (primary N) is 1. The molecule has 0 aliphatic heterocycles. The largest absolute Gasteiger partial charge is 0.507 e. The fourth-order valence-electron chi connectivity index (χ4n) is 6.07. The number of ketones is 2. The third-order valence-corrected chi connectivity index (χ3v) is 7.95. The van der Waals surface area contributed by atoms with E-state index in [0.717, 1.165) is 32.8 Å². The Labute approximate surface area is 221 Å². The molecule has 1 aromatic carbocycles. The van der Waals surface area contributed by atoms with Crippen molar-refractivity contribution in [1.29, 1.82) is 0 Å². The molecule has 0 aromatic heterocycles. The van der Waals surface area contributed by atoms with Gasteiger partial charge in [0.15, 0.2) is 5.60 Å². The van der Waals surface area contributed by atoms with Crippen LogP contribution in [-0.4, -0.2) is 75.6 Å². The van der Waals surface area contributed by atoms with E-state index >= 15 is 4.39 Å². The van der Waals surface area contributed by atoms with E-state index in [0.29, 0.717) is 12.0 Å². The van der Waals surface area contributed by atoms with E-state index in [1.807, 2.05) is 0 Å². The maximum atomic E-state index is 15.2. The van der Waals surface area contributed by atoms with Crippen molar-refractivity contribution < 1.29 is 39.2 Å². The lowest BCUT2D eigenvalue weighted by Crippen LogP contribution is -2.66. The Bertz CT molecular complexity index is 1210. The molecule has 1 saturated carbocycles. The average Bonchev–Trinajstić information content (AvgIpc) is 2.87. The minimum absolute atomic E-state index is 0.0171. The summed E-state index contributed by atoms with van der Waals surface area (Å²) in [6, 6.07) is 0.613. The van der Waals surface area contributed by atoms with Crippen molar-refractivity contribution >= 4 is 23.2 Å². The molecule has 4 rings (SSSR count). The van der Waals surface area contributed by atoms with E-state index in [9.17, 15) is 29.7 Å². The standard InChI is InChI=1S/C27H33FN2O6.CH4O/c1-4-5-6-7-8-13-11-18(28)15-9-14-10-17-19(30(2)3)12-16(26(29)35)24(33)27(17,36)25(34)20(14)23(32)21(15)22(13)31;1-2/h11-12,14,17,19,31-32,36H,4-10H2,1-3H3,(H2,29,35);2H,1H3/t14-,17-,19+,27+;/m0./s1. The van der Waals surface area contributed by atoms with Gasteiger partial charge in [-0.2, -0.15) is 0 Å². The lowest BCUT2D eigenvalue weighted by Gasteiger charge is -2.49. The van der Waals surface area contributed by atoms with Gasteiger partial charge in [-0.15, -0.1) is 0 Å². The molecule has 3 aliphatic carbocycles. The SMILES string of the molecule is CCCCCCc1cc(F)c2c(c1O)C(O)=C1C(=O)[C@]3(O)C(=O)C(C(N)=O)=C[C@@H](N(C)C)[C@@H]3C[C@@H]1C2.CO. The smallest absolute Gasteiger partial charge is 0.252 e. The Morgan fingerprint density at radius 3 is 2.39 bits per heavy atom. The van der Waals surface area contributed by atoms with Crippen molar-refractivity contribution in [3.8, 4) is 5.75 Å². The molecule has 1 fully saturated rings. The highest BCUT2D eigenvalue weighted by atomic mass is 19.1. The molecule has 0 bridgehead atoms. The number of unbranched alkanes of at least 4 members (excludes halogenated alkanes) is 3. The van der Waals surface area contributed by atoms with Crippen LogP contribution in [0.5, 0.6) is 5.75 Å². The number of phenols is 1. The maximum Gasteiger partial charge on any atom is 0.252 e.